The van der Waals surface area contributed by atoms with Crippen LogP contribution < -0.4 is 11.1 Å². The van der Waals surface area contributed by atoms with Crippen molar-refractivity contribution in [3.63, 3.8) is 0 Å². The molecule has 1 rings (SSSR count). The molecule has 1 heterocycles. The minimum atomic E-state index is -0.117. The fraction of sp³-hybridized carbons (Fsp3) is 0.636. The normalized spacial score (nSPS) is 12.4. The van der Waals surface area contributed by atoms with Gasteiger partial charge in [-0.15, -0.1) is 0 Å². The smallest absolute Gasteiger partial charge is 0.271 e. The minimum absolute atomic E-state index is 0.117. The number of nitrogens with zero attached hydrogens (tertiary/aromatic N) is 2. The Morgan fingerprint density at radius 3 is 3.12 bits per heavy atom. The fourth-order valence-electron chi connectivity index (χ4n) is 1.35. The molecule has 6 heteroatoms. The summed E-state index contributed by atoms with van der Waals surface area (Å²) >= 11 is 1.80. The number of carbonyl (C=O) groups is 1. The zero-order chi connectivity index (χ0) is 12.7. The van der Waals surface area contributed by atoms with Crippen LogP contribution in [0.25, 0.3) is 0 Å². The Kier molecular flexibility index (Phi) is 6.07. The topological polar surface area (TPSA) is 72.9 Å². The molecule has 0 aliphatic rings. The summed E-state index contributed by atoms with van der Waals surface area (Å²) in [7, 11) is 0. The Morgan fingerprint density at radius 2 is 2.47 bits per heavy atom. The number of nitrogens with one attached hydrogen (secondary N) is 1. The van der Waals surface area contributed by atoms with Gasteiger partial charge in [0, 0.05) is 31.1 Å². The van der Waals surface area contributed by atoms with E-state index in [1.807, 2.05) is 4.57 Å². The highest BCUT2D eigenvalue weighted by Gasteiger charge is 2.09. The maximum atomic E-state index is 11.7. The van der Waals surface area contributed by atoms with Crippen LogP contribution >= 0.6 is 11.8 Å². The highest BCUT2D eigenvalue weighted by atomic mass is 32.2. The highest BCUT2D eigenvalue weighted by molar-refractivity contribution is 7.99. The van der Waals surface area contributed by atoms with Crippen molar-refractivity contribution in [1.29, 1.82) is 0 Å². The van der Waals surface area contributed by atoms with Gasteiger partial charge in [0.05, 0.1) is 6.33 Å². The van der Waals surface area contributed by atoms with Gasteiger partial charge in [0.1, 0.15) is 5.69 Å². The van der Waals surface area contributed by atoms with Gasteiger partial charge >= 0.3 is 0 Å². The number of nitrogens with two attached hydrogens (primary N) is 1. The number of hydrogen-bond acceptors (Lipinski definition) is 4. The molecule has 0 aliphatic heterocycles. The lowest BCUT2D eigenvalue weighted by atomic mass is 10.3. The molecule has 1 amide bonds. The summed E-state index contributed by atoms with van der Waals surface area (Å²) < 4.78 is 1.82. The molecule has 0 bridgehead atoms. The molecule has 1 atom stereocenters. The summed E-state index contributed by atoms with van der Waals surface area (Å²) in [5.41, 5.74) is 5.88. The molecule has 0 saturated carbocycles. The van der Waals surface area contributed by atoms with Crippen molar-refractivity contribution in [2.24, 2.45) is 5.73 Å². The number of rotatable bonds is 7. The Morgan fingerprint density at radius 1 is 1.71 bits per heavy atom. The van der Waals surface area contributed by atoms with E-state index in [2.05, 4.69) is 23.5 Å². The largest absolute Gasteiger partial charge is 0.351 e. The predicted molar refractivity (Wildman–Crippen MR) is 71.2 cm³/mol. The molecule has 17 heavy (non-hydrogen) atoms. The Bertz CT molecular complexity index is 353. The van der Waals surface area contributed by atoms with Gasteiger partial charge in [-0.05, 0) is 12.7 Å². The van der Waals surface area contributed by atoms with Crippen LogP contribution in [0.5, 0.6) is 0 Å². The fourth-order valence-corrected chi connectivity index (χ4v) is 1.70. The van der Waals surface area contributed by atoms with Crippen LogP contribution in [-0.2, 0) is 6.54 Å². The van der Waals surface area contributed by atoms with Gasteiger partial charge in [-0.2, -0.15) is 11.8 Å². The molecule has 0 spiro atoms. The second-order valence-electron chi connectivity index (χ2n) is 3.88. The van der Waals surface area contributed by atoms with E-state index in [4.69, 9.17) is 5.73 Å². The zero-order valence-electron chi connectivity index (χ0n) is 10.3. The van der Waals surface area contributed by atoms with Gasteiger partial charge in [-0.25, -0.2) is 4.98 Å². The first-order valence-corrected chi connectivity index (χ1v) is 6.99. The average Bonchev–Trinajstić information content (AvgIpc) is 2.78. The molecule has 96 valence electrons. The van der Waals surface area contributed by atoms with Gasteiger partial charge in [0.25, 0.3) is 5.91 Å². The Hall–Kier alpha value is -1.01. The van der Waals surface area contributed by atoms with Crippen molar-refractivity contribution >= 4 is 17.7 Å². The van der Waals surface area contributed by atoms with Crippen molar-refractivity contribution in [1.82, 2.24) is 14.9 Å². The van der Waals surface area contributed by atoms with Crippen LogP contribution in [0.1, 0.15) is 23.8 Å². The predicted octanol–water partition coefficient (Wildman–Crippen LogP) is 0.713. The van der Waals surface area contributed by atoms with Crippen LogP contribution in [0.4, 0.5) is 0 Å². The summed E-state index contributed by atoms with van der Waals surface area (Å²) in [5.74, 6) is -0.117. The summed E-state index contributed by atoms with van der Waals surface area (Å²) in [5, 5.41) is 3.42. The van der Waals surface area contributed by atoms with Gasteiger partial charge in [0.15, 0.2) is 0 Å². The first-order valence-electron chi connectivity index (χ1n) is 5.70. The molecule has 0 radical (unpaired) electrons. The SMILES string of the molecule is CSC(C)CCNC(=O)c1cn(CCN)cn1. The number of thioether (sulfide) groups is 1. The second-order valence-corrected chi connectivity index (χ2v) is 5.15. The lowest BCUT2D eigenvalue weighted by molar-refractivity contribution is 0.0948. The van der Waals surface area contributed by atoms with Crippen molar-refractivity contribution in [2.75, 3.05) is 19.3 Å². The van der Waals surface area contributed by atoms with Crippen molar-refractivity contribution < 1.29 is 4.79 Å². The van der Waals surface area contributed by atoms with Crippen LogP contribution in [0, 0.1) is 0 Å². The van der Waals surface area contributed by atoms with Gasteiger partial charge in [-0.1, -0.05) is 6.92 Å². The van der Waals surface area contributed by atoms with E-state index in [1.165, 1.54) is 0 Å². The van der Waals surface area contributed by atoms with Gasteiger partial charge in [-0.3, -0.25) is 4.79 Å². The molecule has 0 saturated heterocycles. The number of aromatic nitrogens is 2. The van der Waals surface area contributed by atoms with Gasteiger partial charge in [0.2, 0.25) is 0 Å². The first kappa shape index (κ1) is 14.1. The third-order valence-electron chi connectivity index (χ3n) is 2.49. The van der Waals surface area contributed by atoms with E-state index in [-0.39, 0.29) is 5.91 Å². The maximum Gasteiger partial charge on any atom is 0.271 e. The molecule has 0 fully saturated rings. The van der Waals surface area contributed by atoms with Crippen LogP contribution in [0.2, 0.25) is 0 Å². The Balaban J connectivity index is 2.36. The number of hydrogen-bond donors (Lipinski definition) is 2. The van der Waals surface area contributed by atoms with E-state index in [0.29, 0.717) is 30.6 Å². The monoisotopic (exact) mass is 256 g/mol. The van der Waals surface area contributed by atoms with Crippen LogP contribution in [-0.4, -0.2) is 40.1 Å². The quantitative estimate of drug-likeness (QED) is 0.753. The molecule has 1 unspecified atom stereocenters. The van der Waals surface area contributed by atoms with Crippen molar-refractivity contribution in [3.8, 4) is 0 Å². The standard InChI is InChI=1S/C11H20N4OS/c1-9(17-2)3-5-13-11(16)10-7-15(6-4-12)8-14-10/h7-9H,3-6,12H2,1-2H3,(H,13,16). The molecule has 0 aliphatic carbocycles. The second kappa shape index (κ2) is 7.34. The van der Waals surface area contributed by atoms with Crippen LogP contribution in [0.15, 0.2) is 12.5 Å². The Labute approximate surface area is 106 Å². The lowest BCUT2D eigenvalue weighted by Crippen LogP contribution is -2.26. The summed E-state index contributed by atoms with van der Waals surface area (Å²) in [6.45, 7) is 4.06. The molecule has 5 nitrogen and oxygen atoms in total. The van der Waals surface area contributed by atoms with Crippen molar-refractivity contribution in [2.45, 2.75) is 25.1 Å². The summed E-state index contributed by atoms with van der Waals surface area (Å²) in [6.07, 6.45) is 6.39. The summed E-state index contributed by atoms with van der Waals surface area (Å²) in [6, 6.07) is 0. The average molecular weight is 256 g/mol. The zero-order valence-corrected chi connectivity index (χ0v) is 11.2. The van der Waals surface area contributed by atoms with Gasteiger partial charge < -0.3 is 15.6 Å². The maximum absolute atomic E-state index is 11.7. The number of imidazole rings is 1. The van der Waals surface area contributed by atoms with E-state index in [9.17, 15) is 4.79 Å². The molecule has 3 N–H and O–H groups in total. The lowest BCUT2D eigenvalue weighted by Gasteiger charge is -2.07. The van der Waals surface area contributed by atoms with Crippen molar-refractivity contribution in [3.05, 3.63) is 18.2 Å². The van der Waals surface area contributed by atoms with Crippen LogP contribution in [0.3, 0.4) is 0 Å². The van der Waals surface area contributed by atoms with E-state index in [0.717, 1.165) is 6.42 Å². The molecule has 1 aromatic rings. The van der Waals surface area contributed by atoms with E-state index < -0.39 is 0 Å². The number of carbonyl (C=O) groups excluding carboxylic acids is 1. The molecular weight excluding hydrogens is 236 g/mol. The first-order chi connectivity index (χ1) is 8.17. The molecule has 1 aromatic heterocycles. The van der Waals surface area contributed by atoms with E-state index in [1.54, 1.807) is 24.3 Å². The molecular formula is C11H20N4OS. The molecule has 0 aromatic carbocycles. The third-order valence-corrected chi connectivity index (χ3v) is 3.53. The highest BCUT2D eigenvalue weighted by Crippen LogP contribution is 2.08. The third kappa shape index (κ3) is 4.79. The number of amides is 1. The minimum Gasteiger partial charge on any atom is -0.351 e. The summed E-state index contributed by atoms with van der Waals surface area (Å²) in [4.78, 5) is 15.7. The van der Waals surface area contributed by atoms with E-state index >= 15 is 0 Å².